The molecule has 0 aromatic heterocycles. The van der Waals surface area contributed by atoms with E-state index < -0.39 is 23.7 Å². The van der Waals surface area contributed by atoms with Crippen LogP contribution >= 0.6 is 0 Å². The van der Waals surface area contributed by atoms with Gasteiger partial charge >= 0.3 is 0 Å². The van der Waals surface area contributed by atoms with Gasteiger partial charge < -0.3 is 5.11 Å². The number of benzene rings is 3. The Morgan fingerprint density at radius 3 is 2.37 bits per heavy atom. The number of phenols is 1. The third-order valence-electron chi connectivity index (χ3n) is 9.19. The van der Waals surface area contributed by atoms with Crippen molar-refractivity contribution in [1.82, 2.24) is 0 Å². The Labute approximate surface area is 237 Å². The Morgan fingerprint density at radius 2 is 1.63 bits per heavy atom. The molecule has 1 heterocycles. The van der Waals surface area contributed by atoms with Crippen LogP contribution in [-0.4, -0.2) is 28.5 Å². The molecule has 3 aromatic rings. The normalized spacial score (nSPS) is 25.5. The number of carbonyl (C=O) groups is 4. The van der Waals surface area contributed by atoms with Crippen molar-refractivity contribution in [3.63, 3.8) is 0 Å². The maximum absolute atomic E-state index is 14.1. The number of amides is 2. The maximum atomic E-state index is 14.1. The number of nitrogens with zero attached hydrogens (tertiary/aromatic N) is 1. The predicted molar refractivity (Wildman–Crippen MR) is 156 cm³/mol. The highest BCUT2D eigenvalue weighted by molar-refractivity contribution is 6.25. The van der Waals surface area contributed by atoms with Gasteiger partial charge in [-0.25, -0.2) is 0 Å². The number of aromatic hydroxyl groups is 1. The molecule has 41 heavy (non-hydrogen) atoms. The number of hydrogen-bond donors (Lipinski definition) is 1. The van der Waals surface area contributed by atoms with Gasteiger partial charge in [0.15, 0.2) is 11.6 Å². The summed E-state index contributed by atoms with van der Waals surface area (Å²) in [6.45, 7) is 5.41. The second-order valence-electron chi connectivity index (χ2n) is 11.3. The van der Waals surface area contributed by atoms with Crippen molar-refractivity contribution in [2.24, 2.45) is 17.8 Å². The molecule has 4 unspecified atom stereocenters. The molecule has 7 rings (SSSR count). The van der Waals surface area contributed by atoms with Crippen molar-refractivity contribution in [2.75, 3.05) is 4.90 Å². The van der Waals surface area contributed by atoms with Gasteiger partial charge in [0.05, 0.1) is 17.5 Å². The third kappa shape index (κ3) is 3.56. The molecule has 1 saturated heterocycles. The van der Waals surface area contributed by atoms with Gasteiger partial charge in [-0.05, 0) is 66.5 Å². The van der Waals surface area contributed by atoms with Gasteiger partial charge in [0.25, 0.3) is 0 Å². The van der Waals surface area contributed by atoms with Crippen LogP contribution in [0.3, 0.4) is 0 Å². The maximum Gasteiger partial charge on any atom is 0.238 e. The molecule has 3 aromatic carbocycles. The number of rotatable bonds is 3. The van der Waals surface area contributed by atoms with Crippen molar-refractivity contribution in [1.29, 1.82) is 0 Å². The number of carbonyl (C=O) groups excluding carboxylic acids is 4. The highest BCUT2D eigenvalue weighted by Gasteiger charge is 2.56. The minimum absolute atomic E-state index is 0.125. The highest BCUT2D eigenvalue weighted by atomic mass is 16.3. The number of Topliss-reactive ketones (excluding diaryl/α,β-unsaturated/α-hetero) is 1. The number of hydrogen-bond acceptors (Lipinski definition) is 5. The Kier molecular flexibility index (Phi) is 5.58. The Bertz CT molecular complexity index is 1820. The highest BCUT2D eigenvalue weighted by Crippen LogP contribution is 2.56. The van der Waals surface area contributed by atoms with Crippen LogP contribution < -0.4 is 4.90 Å². The molecule has 3 aliphatic carbocycles. The van der Waals surface area contributed by atoms with Gasteiger partial charge in [0.1, 0.15) is 5.75 Å². The van der Waals surface area contributed by atoms with E-state index in [2.05, 4.69) is 6.58 Å². The fourth-order valence-corrected chi connectivity index (χ4v) is 7.31. The SMILES string of the molecule is C=Cc1ccc(N2C(=O)C3CC=C4C(c5ccc(O)c6ccccc56)C5=C(CC4C3C2=O)C(=O)C(C)=CC5=O)cc1. The van der Waals surface area contributed by atoms with Crippen LogP contribution in [0.4, 0.5) is 5.69 Å². The first-order valence-electron chi connectivity index (χ1n) is 13.8. The van der Waals surface area contributed by atoms with Crippen molar-refractivity contribution < 1.29 is 24.3 Å². The fourth-order valence-electron chi connectivity index (χ4n) is 7.31. The second-order valence-corrected chi connectivity index (χ2v) is 11.3. The average molecular weight is 542 g/mol. The minimum atomic E-state index is -0.643. The zero-order valence-electron chi connectivity index (χ0n) is 22.5. The summed E-state index contributed by atoms with van der Waals surface area (Å²) in [5.41, 5.74) is 4.32. The summed E-state index contributed by atoms with van der Waals surface area (Å²) in [6, 6.07) is 18.0. The molecule has 0 bridgehead atoms. The molecule has 1 aliphatic heterocycles. The van der Waals surface area contributed by atoms with E-state index in [1.165, 1.54) is 11.0 Å². The molecule has 0 spiro atoms. The van der Waals surface area contributed by atoms with E-state index in [4.69, 9.17) is 0 Å². The summed E-state index contributed by atoms with van der Waals surface area (Å²) in [7, 11) is 0. The number of ketones is 2. The lowest BCUT2D eigenvalue weighted by molar-refractivity contribution is -0.123. The van der Waals surface area contributed by atoms with Gasteiger partial charge in [-0.1, -0.05) is 66.8 Å². The van der Waals surface area contributed by atoms with E-state index in [1.807, 2.05) is 42.5 Å². The fraction of sp³-hybridized carbons (Fsp3) is 0.200. The zero-order valence-corrected chi connectivity index (χ0v) is 22.5. The van der Waals surface area contributed by atoms with E-state index in [-0.39, 0.29) is 35.6 Å². The first-order chi connectivity index (χ1) is 19.8. The molecule has 6 nitrogen and oxygen atoms in total. The summed E-state index contributed by atoms with van der Waals surface area (Å²) in [5, 5.41) is 12.0. The number of allylic oxidation sites excluding steroid dienone is 6. The molecule has 4 atom stereocenters. The lowest BCUT2D eigenvalue weighted by Crippen LogP contribution is -2.39. The average Bonchev–Trinajstić information content (AvgIpc) is 3.25. The zero-order chi connectivity index (χ0) is 28.6. The van der Waals surface area contributed by atoms with Crippen LogP contribution in [-0.2, 0) is 19.2 Å². The van der Waals surface area contributed by atoms with Crippen LogP contribution in [0, 0.1) is 17.8 Å². The van der Waals surface area contributed by atoms with Crippen LogP contribution in [0.2, 0.25) is 0 Å². The van der Waals surface area contributed by atoms with E-state index in [1.54, 1.807) is 37.3 Å². The number of anilines is 1. The van der Waals surface area contributed by atoms with Crippen LogP contribution in [0.1, 0.15) is 36.8 Å². The van der Waals surface area contributed by atoms with Crippen molar-refractivity contribution >= 4 is 45.9 Å². The van der Waals surface area contributed by atoms with Crippen molar-refractivity contribution in [2.45, 2.75) is 25.7 Å². The van der Waals surface area contributed by atoms with E-state index in [0.717, 1.165) is 22.1 Å². The molecule has 1 fully saturated rings. The number of imide groups is 1. The van der Waals surface area contributed by atoms with Crippen LogP contribution in [0.15, 0.2) is 102 Å². The molecule has 2 amide bonds. The largest absolute Gasteiger partial charge is 0.507 e. The minimum Gasteiger partial charge on any atom is -0.507 e. The summed E-state index contributed by atoms with van der Waals surface area (Å²) in [6.07, 6.45) is 5.72. The standard InChI is InChI=1S/C35H27NO5/c1-3-19-8-10-20(11-9-19)36-34(40)25-13-12-24-26(31(25)35(36)41)17-27-32(29(38)16-18(2)33(27)39)30(24)23-14-15-28(37)22-7-5-4-6-21(22)23/h3-12,14-16,25-26,30-31,37H,1,13,17H2,2H3. The Morgan fingerprint density at radius 1 is 0.902 bits per heavy atom. The molecular formula is C35H27NO5. The molecular weight excluding hydrogens is 514 g/mol. The first-order valence-corrected chi connectivity index (χ1v) is 13.8. The second kappa shape index (κ2) is 9.10. The molecule has 4 aliphatic rings. The molecule has 0 saturated carbocycles. The summed E-state index contributed by atoms with van der Waals surface area (Å²) in [4.78, 5) is 56.2. The lowest BCUT2D eigenvalue weighted by Gasteiger charge is -2.42. The smallest absolute Gasteiger partial charge is 0.238 e. The summed E-state index contributed by atoms with van der Waals surface area (Å²) >= 11 is 0. The first kappa shape index (κ1) is 25.1. The molecule has 1 N–H and O–H groups in total. The van der Waals surface area contributed by atoms with Crippen molar-refractivity contribution in [3.8, 4) is 5.75 Å². The predicted octanol–water partition coefficient (Wildman–Crippen LogP) is 5.82. The van der Waals surface area contributed by atoms with Crippen LogP contribution in [0.25, 0.3) is 16.8 Å². The van der Waals surface area contributed by atoms with Gasteiger partial charge in [-0.2, -0.15) is 0 Å². The topological polar surface area (TPSA) is 91.8 Å². The van der Waals surface area contributed by atoms with Gasteiger partial charge in [0.2, 0.25) is 11.8 Å². The van der Waals surface area contributed by atoms with Crippen LogP contribution in [0.5, 0.6) is 5.75 Å². The van der Waals surface area contributed by atoms with E-state index in [0.29, 0.717) is 34.2 Å². The van der Waals surface area contributed by atoms with Gasteiger partial charge in [-0.15, -0.1) is 0 Å². The van der Waals surface area contributed by atoms with Crippen molar-refractivity contribution in [3.05, 3.63) is 113 Å². The summed E-state index contributed by atoms with van der Waals surface area (Å²) < 4.78 is 0. The Hall–Kier alpha value is -4.84. The van der Waals surface area contributed by atoms with E-state index >= 15 is 0 Å². The third-order valence-corrected chi connectivity index (χ3v) is 9.19. The number of fused-ring (bicyclic) bond motifs is 4. The monoisotopic (exact) mass is 541 g/mol. The molecule has 202 valence electrons. The molecule has 0 radical (unpaired) electrons. The lowest BCUT2D eigenvalue weighted by atomic mass is 9.59. The number of phenolic OH excluding ortho intramolecular Hbond substituents is 1. The van der Waals surface area contributed by atoms with Gasteiger partial charge in [0, 0.05) is 28.0 Å². The summed E-state index contributed by atoms with van der Waals surface area (Å²) in [5.74, 6) is -2.96. The van der Waals surface area contributed by atoms with Gasteiger partial charge in [-0.3, -0.25) is 24.1 Å². The van der Waals surface area contributed by atoms with E-state index in [9.17, 15) is 24.3 Å². The molecule has 6 heteroatoms. The Balaban J connectivity index is 1.40. The quantitative estimate of drug-likeness (QED) is 0.256.